The second kappa shape index (κ2) is 8.15. The van der Waals surface area contributed by atoms with Gasteiger partial charge >= 0.3 is 0 Å². The Morgan fingerprint density at radius 3 is 2.26 bits per heavy atom. The van der Waals surface area contributed by atoms with E-state index in [0.717, 1.165) is 29.1 Å². The summed E-state index contributed by atoms with van der Waals surface area (Å²) in [6.45, 7) is 15.2. The molecule has 0 saturated heterocycles. The number of fused-ring (bicyclic) bond motifs is 1. The van der Waals surface area contributed by atoms with Crippen LogP contribution in [0.25, 0.3) is 21.3 Å². The third-order valence-electron chi connectivity index (χ3n) is 4.68. The van der Waals surface area contributed by atoms with E-state index >= 15 is 0 Å². The van der Waals surface area contributed by atoms with E-state index in [4.69, 9.17) is 16.6 Å². The van der Waals surface area contributed by atoms with Gasteiger partial charge in [-0.1, -0.05) is 45.9 Å². The lowest BCUT2D eigenvalue weighted by Crippen LogP contribution is -2.32. The number of thiophene rings is 1. The molecule has 0 fully saturated rings. The molecule has 3 nitrogen and oxygen atoms in total. The maximum atomic E-state index is 6.30. The van der Waals surface area contributed by atoms with Crippen LogP contribution in [0.3, 0.4) is 0 Å². The first-order chi connectivity index (χ1) is 12.8. The van der Waals surface area contributed by atoms with Gasteiger partial charge in [-0.05, 0) is 54.0 Å². The van der Waals surface area contributed by atoms with Crippen LogP contribution < -0.4 is 4.90 Å². The lowest BCUT2D eigenvalue weighted by Gasteiger charge is -2.28. The number of hydrogen-bond acceptors (Lipinski definition) is 4. The molecule has 144 valence electrons. The predicted octanol–water partition coefficient (Wildman–Crippen LogP) is 6.75. The van der Waals surface area contributed by atoms with Crippen LogP contribution in [0.4, 0.5) is 5.82 Å². The van der Waals surface area contributed by atoms with Gasteiger partial charge in [0.1, 0.15) is 10.6 Å². The van der Waals surface area contributed by atoms with Crippen molar-refractivity contribution in [2.75, 3.05) is 18.0 Å². The molecule has 27 heavy (non-hydrogen) atoms. The first kappa shape index (κ1) is 20.1. The summed E-state index contributed by atoms with van der Waals surface area (Å²) in [5.41, 5.74) is 5.01. The maximum Gasteiger partial charge on any atom is 0.225 e. The van der Waals surface area contributed by atoms with Gasteiger partial charge in [0, 0.05) is 24.0 Å². The molecule has 0 bridgehead atoms. The molecule has 0 atom stereocenters. The van der Waals surface area contributed by atoms with Crippen molar-refractivity contribution in [1.29, 1.82) is 0 Å². The van der Waals surface area contributed by atoms with Crippen molar-refractivity contribution in [2.24, 2.45) is 11.8 Å². The maximum absolute atomic E-state index is 6.30. The Balaban J connectivity index is 2.21. The summed E-state index contributed by atoms with van der Waals surface area (Å²) in [6.07, 6.45) is 0. The Kier molecular flexibility index (Phi) is 6.07. The van der Waals surface area contributed by atoms with Crippen LogP contribution in [0.1, 0.15) is 38.8 Å². The fourth-order valence-corrected chi connectivity index (χ4v) is 4.53. The van der Waals surface area contributed by atoms with Gasteiger partial charge in [-0.25, -0.2) is 4.98 Å². The van der Waals surface area contributed by atoms with E-state index in [2.05, 4.69) is 75.0 Å². The molecule has 0 N–H and O–H groups in total. The van der Waals surface area contributed by atoms with Gasteiger partial charge in [-0.15, -0.1) is 11.3 Å². The molecular formula is C22H28ClN3S. The van der Waals surface area contributed by atoms with Crippen molar-refractivity contribution in [2.45, 2.75) is 41.5 Å². The molecule has 1 aromatic carbocycles. The van der Waals surface area contributed by atoms with E-state index in [0.29, 0.717) is 17.1 Å². The number of nitrogens with zero attached hydrogens (tertiary/aromatic N) is 3. The zero-order valence-corrected chi connectivity index (χ0v) is 18.6. The highest BCUT2D eigenvalue weighted by Gasteiger charge is 2.21. The van der Waals surface area contributed by atoms with E-state index in [1.807, 2.05) is 0 Å². The van der Waals surface area contributed by atoms with Gasteiger partial charge in [-0.3, -0.25) is 0 Å². The largest absolute Gasteiger partial charge is 0.355 e. The van der Waals surface area contributed by atoms with Crippen molar-refractivity contribution in [3.05, 3.63) is 40.0 Å². The lowest BCUT2D eigenvalue weighted by atomic mass is 10.0. The SMILES string of the molecule is Cc1ccc(-c2csc3nc(Cl)nc(N(CC(C)C)CC(C)C)c23)cc1C. The number of benzene rings is 1. The van der Waals surface area contributed by atoms with Crippen LogP contribution in [0.15, 0.2) is 23.6 Å². The summed E-state index contributed by atoms with van der Waals surface area (Å²) in [5.74, 6) is 2.04. The third kappa shape index (κ3) is 4.44. The average molecular weight is 402 g/mol. The number of halogens is 1. The van der Waals surface area contributed by atoms with Crippen molar-refractivity contribution in [3.8, 4) is 11.1 Å². The highest BCUT2D eigenvalue weighted by atomic mass is 35.5. The molecule has 0 spiro atoms. The molecular weight excluding hydrogens is 374 g/mol. The van der Waals surface area contributed by atoms with Crippen molar-refractivity contribution in [1.82, 2.24) is 9.97 Å². The molecule has 5 heteroatoms. The van der Waals surface area contributed by atoms with Gasteiger partial charge in [-0.2, -0.15) is 4.98 Å². The minimum atomic E-state index is 0.323. The number of aromatic nitrogens is 2. The van der Waals surface area contributed by atoms with Crippen molar-refractivity contribution < 1.29 is 0 Å². The Morgan fingerprint density at radius 1 is 1.00 bits per heavy atom. The van der Waals surface area contributed by atoms with Gasteiger partial charge in [0.25, 0.3) is 0 Å². The molecule has 0 aliphatic rings. The van der Waals surface area contributed by atoms with Crippen LogP contribution in [0.5, 0.6) is 0 Å². The number of anilines is 1. The highest BCUT2D eigenvalue weighted by molar-refractivity contribution is 7.17. The molecule has 3 aromatic rings. The van der Waals surface area contributed by atoms with Gasteiger partial charge < -0.3 is 4.90 Å². The molecule has 0 aliphatic carbocycles. The number of hydrogen-bond donors (Lipinski definition) is 0. The molecule has 0 unspecified atom stereocenters. The fraction of sp³-hybridized carbons (Fsp3) is 0.455. The van der Waals surface area contributed by atoms with E-state index in [1.165, 1.54) is 22.3 Å². The average Bonchev–Trinajstić information content (AvgIpc) is 2.98. The minimum Gasteiger partial charge on any atom is -0.355 e. The lowest BCUT2D eigenvalue weighted by molar-refractivity contribution is 0.550. The zero-order chi connectivity index (χ0) is 19.7. The molecule has 0 amide bonds. The minimum absolute atomic E-state index is 0.323. The molecule has 0 radical (unpaired) electrons. The Morgan fingerprint density at radius 2 is 1.67 bits per heavy atom. The summed E-state index contributed by atoms with van der Waals surface area (Å²) in [7, 11) is 0. The van der Waals surface area contributed by atoms with E-state index < -0.39 is 0 Å². The molecule has 2 aromatic heterocycles. The van der Waals surface area contributed by atoms with Crippen LogP contribution in [-0.2, 0) is 0 Å². The normalized spacial score (nSPS) is 11.7. The summed E-state index contributed by atoms with van der Waals surface area (Å²) in [6, 6.07) is 6.63. The number of aryl methyl sites for hydroxylation is 2. The van der Waals surface area contributed by atoms with E-state index in [9.17, 15) is 0 Å². The zero-order valence-electron chi connectivity index (χ0n) is 17.0. The summed E-state index contributed by atoms with van der Waals surface area (Å²) in [4.78, 5) is 12.5. The van der Waals surface area contributed by atoms with Crippen LogP contribution in [-0.4, -0.2) is 23.1 Å². The predicted molar refractivity (Wildman–Crippen MR) is 119 cm³/mol. The molecule has 0 saturated carbocycles. The van der Waals surface area contributed by atoms with Gasteiger partial charge in [0.05, 0.1) is 5.39 Å². The van der Waals surface area contributed by atoms with Gasteiger partial charge in [0.15, 0.2) is 0 Å². The monoisotopic (exact) mass is 401 g/mol. The second-order valence-electron chi connectivity index (χ2n) is 8.14. The fourth-order valence-electron chi connectivity index (χ4n) is 3.38. The van der Waals surface area contributed by atoms with Crippen molar-refractivity contribution >= 4 is 39.0 Å². The Labute approximate surface area is 171 Å². The Hall–Kier alpha value is -1.65. The van der Waals surface area contributed by atoms with E-state index in [1.54, 1.807) is 11.3 Å². The van der Waals surface area contributed by atoms with Crippen LogP contribution in [0, 0.1) is 25.7 Å². The molecule has 3 rings (SSSR count). The smallest absolute Gasteiger partial charge is 0.225 e. The summed E-state index contributed by atoms with van der Waals surface area (Å²) < 4.78 is 0. The van der Waals surface area contributed by atoms with Crippen LogP contribution in [0.2, 0.25) is 5.28 Å². The third-order valence-corrected chi connectivity index (χ3v) is 5.72. The first-order valence-electron chi connectivity index (χ1n) is 9.53. The molecule has 0 aliphatic heterocycles. The Bertz CT molecular complexity index is 936. The summed E-state index contributed by atoms with van der Waals surface area (Å²) >= 11 is 7.94. The van der Waals surface area contributed by atoms with Crippen LogP contribution >= 0.6 is 22.9 Å². The topological polar surface area (TPSA) is 29.0 Å². The molecule has 2 heterocycles. The standard InChI is InChI=1S/C22H28ClN3S/c1-13(2)10-26(11-14(3)4)20-19-18(12-27-21(19)25-22(23)24-20)17-8-7-15(5)16(6)9-17/h7-9,12-14H,10-11H2,1-6H3. The highest BCUT2D eigenvalue weighted by Crippen LogP contribution is 2.39. The van der Waals surface area contributed by atoms with E-state index in [-0.39, 0.29) is 0 Å². The quantitative estimate of drug-likeness (QED) is 0.428. The van der Waals surface area contributed by atoms with Crippen molar-refractivity contribution in [3.63, 3.8) is 0 Å². The first-order valence-corrected chi connectivity index (χ1v) is 10.8. The summed E-state index contributed by atoms with van der Waals surface area (Å²) in [5, 5.41) is 3.63. The van der Waals surface area contributed by atoms with Gasteiger partial charge in [0.2, 0.25) is 5.28 Å². The number of rotatable bonds is 6. The second-order valence-corrected chi connectivity index (χ2v) is 9.33.